The maximum Gasteiger partial charge on any atom is 0.133 e. The quantitative estimate of drug-likeness (QED) is 0.350. The Morgan fingerprint density at radius 3 is 2.76 bits per heavy atom. The van der Waals surface area contributed by atoms with Crippen molar-refractivity contribution in [1.82, 2.24) is 9.88 Å². The van der Waals surface area contributed by atoms with Crippen molar-refractivity contribution >= 4 is 37.6 Å². The van der Waals surface area contributed by atoms with Crippen LogP contribution in [0.2, 0.25) is 0 Å². The third-order valence-electron chi connectivity index (χ3n) is 5.77. The molecule has 3 aromatic carbocycles. The lowest BCUT2D eigenvalue weighted by Gasteiger charge is -2.28. The van der Waals surface area contributed by atoms with E-state index in [0.717, 1.165) is 46.5 Å². The van der Waals surface area contributed by atoms with Crippen molar-refractivity contribution < 1.29 is 4.74 Å². The van der Waals surface area contributed by atoms with Gasteiger partial charge < -0.3 is 9.64 Å². The van der Waals surface area contributed by atoms with Crippen LogP contribution in [-0.2, 0) is 13.0 Å². The lowest BCUT2D eigenvalue weighted by Crippen LogP contribution is -2.27. The molecule has 4 aromatic rings. The van der Waals surface area contributed by atoms with Crippen molar-refractivity contribution in [3.8, 4) is 17.0 Å². The van der Waals surface area contributed by atoms with E-state index >= 15 is 0 Å². The molecule has 0 saturated heterocycles. The molecule has 0 aliphatic carbocycles. The Balaban J connectivity index is 1.79. The molecule has 0 unspecified atom stereocenters. The van der Waals surface area contributed by atoms with E-state index in [4.69, 9.17) is 9.72 Å². The molecule has 0 saturated carbocycles. The molecule has 0 amide bonds. The van der Waals surface area contributed by atoms with Crippen LogP contribution in [0.3, 0.4) is 0 Å². The molecular formula is C25H23BrN2O. The lowest BCUT2D eigenvalue weighted by molar-refractivity contribution is 0.314. The molecule has 1 aliphatic heterocycles. The largest absolute Gasteiger partial charge is 0.493 e. The Morgan fingerprint density at radius 2 is 1.93 bits per heavy atom. The van der Waals surface area contributed by atoms with Gasteiger partial charge in [0, 0.05) is 24.0 Å². The summed E-state index contributed by atoms with van der Waals surface area (Å²) in [6.45, 7) is 4.64. The van der Waals surface area contributed by atoms with E-state index in [2.05, 4.69) is 76.4 Å². The van der Waals surface area contributed by atoms with E-state index in [1.807, 2.05) is 13.0 Å². The fraction of sp³-hybridized carbons (Fsp3) is 0.240. The monoisotopic (exact) mass is 446 g/mol. The molecular weight excluding hydrogens is 424 g/mol. The fourth-order valence-corrected chi connectivity index (χ4v) is 4.90. The average molecular weight is 447 g/mol. The third kappa shape index (κ3) is 3.21. The summed E-state index contributed by atoms with van der Waals surface area (Å²) in [6, 6.07) is 19.3. The van der Waals surface area contributed by atoms with Gasteiger partial charge in [0.1, 0.15) is 5.75 Å². The molecule has 4 heteroatoms. The lowest BCUT2D eigenvalue weighted by atomic mass is 9.89. The second kappa shape index (κ2) is 7.43. The van der Waals surface area contributed by atoms with Gasteiger partial charge in [-0.15, -0.1) is 0 Å². The molecule has 5 rings (SSSR count). The number of nitrogens with zero attached hydrogens (tertiary/aromatic N) is 2. The first-order valence-electron chi connectivity index (χ1n) is 10.1. The molecule has 0 atom stereocenters. The van der Waals surface area contributed by atoms with Gasteiger partial charge in [-0.3, -0.25) is 0 Å². The van der Waals surface area contributed by atoms with Crippen LogP contribution in [0.25, 0.3) is 32.9 Å². The molecule has 0 radical (unpaired) electrons. The number of hydrogen-bond acceptors (Lipinski definition) is 3. The maximum atomic E-state index is 5.70. The first-order chi connectivity index (χ1) is 14.2. The van der Waals surface area contributed by atoms with Gasteiger partial charge in [-0.2, -0.15) is 0 Å². The highest BCUT2D eigenvalue weighted by atomic mass is 79.9. The predicted octanol–water partition coefficient (Wildman–Crippen LogP) is 6.20. The topological polar surface area (TPSA) is 25.4 Å². The summed E-state index contributed by atoms with van der Waals surface area (Å²) >= 11 is 3.67. The van der Waals surface area contributed by atoms with Gasteiger partial charge >= 0.3 is 0 Å². The normalized spacial score (nSPS) is 14.3. The van der Waals surface area contributed by atoms with Crippen LogP contribution in [0.5, 0.6) is 5.75 Å². The van der Waals surface area contributed by atoms with Gasteiger partial charge in [0.25, 0.3) is 0 Å². The summed E-state index contributed by atoms with van der Waals surface area (Å²) in [5.41, 5.74) is 6.08. The number of hydrogen-bond donors (Lipinski definition) is 0. The van der Waals surface area contributed by atoms with Crippen molar-refractivity contribution in [3.63, 3.8) is 0 Å². The highest BCUT2D eigenvalue weighted by Crippen LogP contribution is 2.38. The Morgan fingerprint density at radius 1 is 1.07 bits per heavy atom. The molecule has 1 aromatic heterocycles. The Hall–Kier alpha value is -2.43. The van der Waals surface area contributed by atoms with E-state index in [0.29, 0.717) is 6.61 Å². The summed E-state index contributed by atoms with van der Waals surface area (Å²) in [7, 11) is 2.19. The summed E-state index contributed by atoms with van der Waals surface area (Å²) in [4.78, 5) is 7.55. The molecule has 0 spiro atoms. The van der Waals surface area contributed by atoms with Gasteiger partial charge in [-0.05, 0) is 82.5 Å². The van der Waals surface area contributed by atoms with Gasteiger partial charge in [0.05, 0.1) is 22.3 Å². The van der Waals surface area contributed by atoms with Crippen LogP contribution in [0.15, 0.2) is 59.1 Å². The fourth-order valence-electron chi connectivity index (χ4n) is 4.41. The van der Waals surface area contributed by atoms with Gasteiger partial charge in [-0.1, -0.05) is 30.3 Å². The number of likely N-dealkylation sites (N-methyl/N-ethyl adjacent to an activating group) is 1. The van der Waals surface area contributed by atoms with Crippen molar-refractivity contribution in [2.45, 2.75) is 19.9 Å². The summed E-state index contributed by atoms with van der Waals surface area (Å²) < 4.78 is 6.67. The number of ether oxygens (including phenoxy) is 1. The smallest absolute Gasteiger partial charge is 0.133 e. The van der Waals surface area contributed by atoms with Crippen LogP contribution in [0.4, 0.5) is 0 Å². The minimum Gasteiger partial charge on any atom is -0.493 e. The van der Waals surface area contributed by atoms with Crippen molar-refractivity contribution in [2.24, 2.45) is 0 Å². The molecule has 29 heavy (non-hydrogen) atoms. The van der Waals surface area contributed by atoms with Gasteiger partial charge in [0.15, 0.2) is 0 Å². The number of benzene rings is 3. The number of aromatic nitrogens is 1. The molecule has 146 valence electrons. The van der Waals surface area contributed by atoms with Crippen LogP contribution in [0.1, 0.15) is 18.1 Å². The van der Waals surface area contributed by atoms with Gasteiger partial charge in [0.2, 0.25) is 0 Å². The van der Waals surface area contributed by atoms with E-state index < -0.39 is 0 Å². The minimum absolute atomic E-state index is 0.652. The summed E-state index contributed by atoms with van der Waals surface area (Å²) in [5, 5.41) is 3.90. The average Bonchev–Trinajstić information content (AvgIpc) is 2.74. The first-order valence-corrected chi connectivity index (χ1v) is 10.9. The van der Waals surface area contributed by atoms with Crippen molar-refractivity contribution in [2.75, 3.05) is 20.2 Å². The third-order valence-corrected chi connectivity index (χ3v) is 6.39. The van der Waals surface area contributed by atoms with Crippen LogP contribution >= 0.6 is 15.9 Å². The van der Waals surface area contributed by atoms with Crippen LogP contribution in [-0.4, -0.2) is 30.1 Å². The molecule has 0 bridgehead atoms. The van der Waals surface area contributed by atoms with Crippen LogP contribution < -0.4 is 4.74 Å². The molecule has 3 nitrogen and oxygen atoms in total. The van der Waals surface area contributed by atoms with E-state index in [-0.39, 0.29) is 0 Å². The predicted molar refractivity (Wildman–Crippen MR) is 124 cm³/mol. The zero-order valence-electron chi connectivity index (χ0n) is 16.7. The summed E-state index contributed by atoms with van der Waals surface area (Å²) in [5.74, 6) is 0.869. The zero-order chi connectivity index (χ0) is 20.0. The highest BCUT2D eigenvalue weighted by molar-refractivity contribution is 9.10. The highest BCUT2D eigenvalue weighted by Gasteiger charge is 2.23. The molecule has 1 aliphatic rings. The Labute approximate surface area is 179 Å². The SMILES string of the molecule is CCOc1ccc(-c2nc3ccc4ccccc4c3c3c2CN(C)CC3)cc1Br. The second-order valence-corrected chi connectivity index (χ2v) is 8.52. The summed E-state index contributed by atoms with van der Waals surface area (Å²) in [6.07, 6.45) is 1.05. The van der Waals surface area contributed by atoms with E-state index in [1.165, 1.54) is 27.3 Å². The Bertz CT molecular complexity index is 1230. The first kappa shape index (κ1) is 18.6. The van der Waals surface area contributed by atoms with E-state index in [1.54, 1.807) is 0 Å². The molecule has 0 fully saturated rings. The number of halogens is 1. The zero-order valence-corrected chi connectivity index (χ0v) is 18.3. The molecule has 2 heterocycles. The number of pyridine rings is 1. The van der Waals surface area contributed by atoms with Crippen molar-refractivity contribution in [3.05, 3.63) is 70.2 Å². The van der Waals surface area contributed by atoms with Crippen molar-refractivity contribution in [1.29, 1.82) is 0 Å². The van der Waals surface area contributed by atoms with E-state index in [9.17, 15) is 0 Å². The standard InChI is InChI=1S/C25H23BrN2O/c1-3-29-23-11-9-17(14-21(23)26)25-20-15-28(2)13-12-19(20)24-18-7-5-4-6-16(18)8-10-22(24)27-25/h4-11,14H,3,12-13,15H2,1-2H3. The van der Waals surface area contributed by atoms with Crippen LogP contribution in [0, 0.1) is 0 Å². The second-order valence-electron chi connectivity index (χ2n) is 7.66. The van der Waals surface area contributed by atoms with Gasteiger partial charge in [-0.25, -0.2) is 4.98 Å². The number of fused-ring (bicyclic) bond motifs is 5. The Kier molecular flexibility index (Phi) is 4.76. The minimum atomic E-state index is 0.652. The maximum absolute atomic E-state index is 5.70. The number of rotatable bonds is 3. The molecule has 0 N–H and O–H groups in total.